The maximum absolute atomic E-state index is 12.4. The summed E-state index contributed by atoms with van der Waals surface area (Å²) in [7, 11) is 0. The van der Waals surface area contributed by atoms with Crippen molar-refractivity contribution in [2.24, 2.45) is 11.8 Å². The summed E-state index contributed by atoms with van der Waals surface area (Å²) in [6.45, 7) is 3.80. The molecule has 16 nitrogen and oxygen atoms in total. The van der Waals surface area contributed by atoms with Crippen molar-refractivity contribution in [3.63, 3.8) is 0 Å². The number of carboxylic acid groups (broad SMARTS) is 3. The van der Waals surface area contributed by atoms with E-state index in [0.29, 0.717) is 51.9 Å². The predicted molar refractivity (Wildman–Crippen MR) is 221 cm³/mol. The first-order chi connectivity index (χ1) is 28.4. The zero-order valence-corrected chi connectivity index (χ0v) is 35.8. The molecule has 5 N–H and O–H groups in total. The van der Waals surface area contributed by atoms with E-state index in [1.807, 2.05) is 0 Å². The van der Waals surface area contributed by atoms with Crippen LogP contribution in [0.4, 0.5) is 0 Å². The van der Waals surface area contributed by atoms with Gasteiger partial charge < -0.3 is 44.9 Å². The molecule has 0 aliphatic carbocycles. The van der Waals surface area contributed by atoms with Crippen LogP contribution in [0.3, 0.4) is 0 Å². The van der Waals surface area contributed by atoms with Gasteiger partial charge in [0.2, 0.25) is 11.8 Å². The van der Waals surface area contributed by atoms with Crippen LogP contribution in [0.25, 0.3) is 0 Å². The van der Waals surface area contributed by atoms with Crippen molar-refractivity contribution < 1.29 is 67.8 Å². The Morgan fingerprint density at radius 2 is 0.949 bits per heavy atom. The molecule has 59 heavy (non-hydrogen) atoms. The summed E-state index contributed by atoms with van der Waals surface area (Å²) < 4.78 is 21.4. The molecule has 0 unspecified atom stereocenters. The number of unbranched alkanes of at least 4 members (excludes halogenated alkanes) is 13. The number of carbonyl (C=O) groups excluding carboxylic acids is 4. The van der Waals surface area contributed by atoms with E-state index in [0.717, 1.165) is 51.4 Å². The molecule has 16 heteroatoms. The second kappa shape index (κ2) is 40.0. The van der Waals surface area contributed by atoms with Gasteiger partial charge in [0, 0.05) is 51.8 Å². The standard InChI is InChI=1S/C43H76N2O14/c1-35(42(52)53)18-15-16-24-44-40(49)34-59-31-28-56-26-17-20-38(47)33-58-30-29-57-27-25-45-39(48)23-22-36(43(54)55)32-37(46)19-13-11-9-7-5-3-2-4-6-8-10-12-14-21-41(50)51/h35-36H,2-34H2,1H3,(H,44,49)(H,45,48)(H,50,51)(H,52,53)(H,54,55)/t35-,36+/m0/s1. The molecular formula is C43H76N2O14. The average molecular weight is 845 g/mol. The number of ether oxygens (including phenoxy) is 4. The highest BCUT2D eigenvalue weighted by Gasteiger charge is 2.22. The average Bonchev–Trinajstić information content (AvgIpc) is 3.19. The van der Waals surface area contributed by atoms with Crippen molar-refractivity contribution in [2.75, 3.05) is 65.9 Å². The number of rotatable bonds is 45. The minimum absolute atomic E-state index is 0.000270. The van der Waals surface area contributed by atoms with E-state index in [4.69, 9.17) is 29.2 Å². The van der Waals surface area contributed by atoms with Crippen molar-refractivity contribution >= 4 is 41.3 Å². The maximum Gasteiger partial charge on any atom is 0.306 e. The molecule has 0 spiro atoms. The molecule has 0 saturated carbocycles. The fourth-order valence-corrected chi connectivity index (χ4v) is 6.10. The molecule has 0 aromatic heterocycles. The first kappa shape index (κ1) is 55.5. The number of nitrogens with one attached hydrogen (secondary N) is 2. The Hall–Kier alpha value is -3.47. The van der Waals surface area contributed by atoms with Crippen LogP contribution in [0, 0.1) is 11.8 Å². The van der Waals surface area contributed by atoms with Crippen molar-refractivity contribution in [3.05, 3.63) is 0 Å². The van der Waals surface area contributed by atoms with Crippen molar-refractivity contribution in [1.29, 1.82) is 0 Å². The SMILES string of the molecule is C[C@@H](CCCCNC(=O)COCCOCCCC(=O)COCCOCCNC(=O)CC[C@H](CC(=O)CCCCCCCCCCCCCCCC(=O)O)C(=O)O)C(=O)O. The molecule has 0 aromatic carbocycles. The lowest BCUT2D eigenvalue weighted by Gasteiger charge is -2.12. The quantitative estimate of drug-likeness (QED) is 0.0449. The van der Waals surface area contributed by atoms with Gasteiger partial charge in [0.25, 0.3) is 0 Å². The van der Waals surface area contributed by atoms with Crippen LogP contribution in [-0.4, -0.2) is 123 Å². The summed E-state index contributed by atoms with van der Waals surface area (Å²) in [5.41, 5.74) is 0. The van der Waals surface area contributed by atoms with E-state index in [2.05, 4.69) is 10.6 Å². The molecule has 342 valence electrons. The second-order valence-electron chi connectivity index (χ2n) is 15.2. The van der Waals surface area contributed by atoms with Crippen molar-refractivity contribution in [3.8, 4) is 0 Å². The molecule has 0 rings (SSSR count). The summed E-state index contributed by atoms with van der Waals surface area (Å²) in [6.07, 6.45) is 17.4. The van der Waals surface area contributed by atoms with Gasteiger partial charge >= 0.3 is 17.9 Å². The first-order valence-electron chi connectivity index (χ1n) is 22.0. The number of hydrogen-bond acceptors (Lipinski definition) is 11. The van der Waals surface area contributed by atoms with Crippen LogP contribution < -0.4 is 10.6 Å². The molecule has 0 aliphatic rings. The van der Waals surface area contributed by atoms with Crippen molar-refractivity contribution in [1.82, 2.24) is 10.6 Å². The molecular weight excluding hydrogens is 768 g/mol. The van der Waals surface area contributed by atoms with Crippen LogP contribution in [0.2, 0.25) is 0 Å². The molecule has 0 aliphatic heterocycles. The number of ketones is 2. The van der Waals surface area contributed by atoms with Crippen LogP contribution in [0.1, 0.15) is 155 Å². The number of Topliss-reactive ketones (excluding diaryl/α,β-unsaturated/α-hetero) is 2. The third kappa shape index (κ3) is 39.7. The van der Waals surface area contributed by atoms with E-state index in [9.17, 15) is 38.7 Å². The van der Waals surface area contributed by atoms with Gasteiger partial charge in [-0.05, 0) is 38.5 Å². The lowest BCUT2D eigenvalue weighted by molar-refractivity contribution is -0.144. The number of hydrogen-bond donors (Lipinski definition) is 5. The Morgan fingerprint density at radius 1 is 0.441 bits per heavy atom. The minimum atomic E-state index is -1.07. The third-order valence-corrected chi connectivity index (χ3v) is 9.75. The van der Waals surface area contributed by atoms with Gasteiger partial charge in [0.15, 0.2) is 5.78 Å². The van der Waals surface area contributed by atoms with E-state index in [1.165, 1.54) is 38.5 Å². The number of aliphatic carboxylic acids is 3. The molecule has 0 bridgehead atoms. The highest BCUT2D eigenvalue weighted by molar-refractivity contribution is 5.84. The Balaban J connectivity index is 3.65. The van der Waals surface area contributed by atoms with Gasteiger partial charge in [0.05, 0.1) is 44.9 Å². The molecule has 0 heterocycles. The highest BCUT2D eigenvalue weighted by Crippen LogP contribution is 2.17. The summed E-state index contributed by atoms with van der Waals surface area (Å²) in [5, 5.41) is 32.5. The van der Waals surface area contributed by atoms with Crippen LogP contribution in [-0.2, 0) is 52.5 Å². The Labute approximate surface area is 351 Å². The molecule has 2 atom stereocenters. The monoisotopic (exact) mass is 845 g/mol. The molecule has 0 fully saturated rings. The number of carboxylic acids is 3. The van der Waals surface area contributed by atoms with Gasteiger partial charge in [-0.3, -0.25) is 33.6 Å². The summed E-state index contributed by atoms with van der Waals surface area (Å²) in [6, 6.07) is 0. The summed E-state index contributed by atoms with van der Waals surface area (Å²) in [5.74, 6) is -4.60. The van der Waals surface area contributed by atoms with Crippen LogP contribution in [0.15, 0.2) is 0 Å². The lowest BCUT2D eigenvalue weighted by Crippen LogP contribution is -2.29. The van der Waals surface area contributed by atoms with Gasteiger partial charge in [-0.2, -0.15) is 0 Å². The van der Waals surface area contributed by atoms with E-state index < -0.39 is 29.7 Å². The largest absolute Gasteiger partial charge is 0.481 e. The molecule has 0 radical (unpaired) electrons. The van der Waals surface area contributed by atoms with E-state index in [-0.39, 0.29) is 95.3 Å². The third-order valence-electron chi connectivity index (χ3n) is 9.75. The van der Waals surface area contributed by atoms with Gasteiger partial charge in [-0.15, -0.1) is 0 Å². The lowest BCUT2D eigenvalue weighted by atomic mass is 9.94. The summed E-state index contributed by atoms with van der Waals surface area (Å²) >= 11 is 0. The Kier molecular flexibility index (Phi) is 37.6. The van der Waals surface area contributed by atoms with Crippen LogP contribution in [0.5, 0.6) is 0 Å². The predicted octanol–water partition coefficient (Wildman–Crippen LogP) is 5.90. The molecule has 0 saturated heterocycles. The van der Waals surface area contributed by atoms with Crippen LogP contribution >= 0.6 is 0 Å². The fourth-order valence-electron chi connectivity index (χ4n) is 6.10. The zero-order chi connectivity index (χ0) is 43.8. The highest BCUT2D eigenvalue weighted by atomic mass is 16.5. The fraction of sp³-hybridized carbons (Fsp3) is 0.837. The van der Waals surface area contributed by atoms with Gasteiger partial charge in [-0.25, -0.2) is 0 Å². The normalized spacial score (nSPS) is 12.2. The molecule has 0 aromatic rings. The van der Waals surface area contributed by atoms with Gasteiger partial charge in [0.1, 0.15) is 19.0 Å². The first-order valence-corrected chi connectivity index (χ1v) is 22.0. The topological polar surface area (TPSA) is 241 Å². The van der Waals surface area contributed by atoms with E-state index in [1.54, 1.807) is 6.92 Å². The van der Waals surface area contributed by atoms with Gasteiger partial charge in [-0.1, -0.05) is 84.0 Å². The summed E-state index contributed by atoms with van der Waals surface area (Å²) in [4.78, 5) is 81.4. The number of carbonyl (C=O) groups is 7. The number of amides is 2. The second-order valence-corrected chi connectivity index (χ2v) is 15.2. The van der Waals surface area contributed by atoms with E-state index >= 15 is 0 Å². The maximum atomic E-state index is 12.4. The van der Waals surface area contributed by atoms with Crippen molar-refractivity contribution in [2.45, 2.75) is 155 Å². The Bertz CT molecular complexity index is 1150. The molecule has 2 amide bonds. The minimum Gasteiger partial charge on any atom is -0.481 e. The smallest absolute Gasteiger partial charge is 0.306 e. The zero-order valence-electron chi connectivity index (χ0n) is 35.8. The Morgan fingerprint density at radius 3 is 1.53 bits per heavy atom.